The molecule has 0 heterocycles. The number of hydrogen-bond acceptors (Lipinski definition) is 3. The van der Waals surface area contributed by atoms with Gasteiger partial charge in [0.25, 0.3) is 0 Å². The average Bonchev–Trinajstić information content (AvgIpc) is 2.42. The SMILES string of the molecule is NCCCSCCOc1ccc2ccccc2c1. The fourth-order valence-electron chi connectivity index (χ4n) is 1.76. The molecule has 0 unspecified atom stereocenters. The van der Waals surface area contributed by atoms with Gasteiger partial charge in [0.2, 0.25) is 0 Å². The van der Waals surface area contributed by atoms with Crippen molar-refractivity contribution in [3.8, 4) is 5.75 Å². The van der Waals surface area contributed by atoms with Gasteiger partial charge in [0.05, 0.1) is 6.61 Å². The average molecular weight is 261 g/mol. The summed E-state index contributed by atoms with van der Waals surface area (Å²) in [6, 6.07) is 14.6. The molecule has 0 amide bonds. The van der Waals surface area contributed by atoms with E-state index in [1.807, 2.05) is 17.8 Å². The lowest BCUT2D eigenvalue weighted by molar-refractivity contribution is 0.344. The van der Waals surface area contributed by atoms with E-state index < -0.39 is 0 Å². The maximum absolute atomic E-state index is 5.74. The van der Waals surface area contributed by atoms with E-state index in [2.05, 4.69) is 36.4 Å². The van der Waals surface area contributed by atoms with E-state index in [0.29, 0.717) is 0 Å². The second-order valence-electron chi connectivity index (χ2n) is 4.11. The lowest BCUT2D eigenvalue weighted by Gasteiger charge is -2.07. The number of rotatable bonds is 7. The molecule has 0 saturated carbocycles. The predicted molar refractivity (Wildman–Crippen MR) is 80.4 cm³/mol. The molecule has 96 valence electrons. The largest absolute Gasteiger partial charge is 0.493 e. The quantitative estimate of drug-likeness (QED) is 0.777. The highest BCUT2D eigenvalue weighted by Gasteiger charge is 1.97. The smallest absolute Gasteiger partial charge is 0.119 e. The van der Waals surface area contributed by atoms with E-state index in [-0.39, 0.29) is 0 Å². The highest BCUT2D eigenvalue weighted by atomic mass is 32.2. The van der Waals surface area contributed by atoms with Crippen molar-refractivity contribution >= 4 is 22.5 Å². The maximum Gasteiger partial charge on any atom is 0.119 e. The number of benzene rings is 2. The fourth-order valence-corrected chi connectivity index (χ4v) is 2.54. The Labute approximate surface area is 113 Å². The van der Waals surface area contributed by atoms with Crippen molar-refractivity contribution in [3.05, 3.63) is 42.5 Å². The summed E-state index contributed by atoms with van der Waals surface area (Å²) in [5, 5.41) is 2.48. The monoisotopic (exact) mass is 261 g/mol. The van der Waals surface area contributed by atoms with Crippen LogP contribution in [0.5, 0.6) is 5.75 Å². The second kappa shape index (κ2) is 7.29. The Morgan fingerprint density at radius 2 is 1.83 bits per heavy atom. The molecule has 0 saturated heterocycles. The third-order valence-corrected chi connectivity index (χ3v) is 3.74. The zero-order valence-corrected chi connectivity index (χ0v) is 11.3. The number of fused-ring (bicyclic) bond motifs is 1. The van der Waals surface area contributed by atoms with Gasteiger partial charge in [-0.1, -0.05) is 30.3 Å². The van der Waals surface area contributed by atoms with Gasteiger partial charge in [-0.3, -0.25) is 0 Å². The van der Waals surface area contributed by atoms with Crippen LogP contribution in [0.2, 0.25) is 0 Å². The molecule has 0 aromatic heterocycles. The van der Waals surface area contributed by atoms with E-state index >= 15 is 0 Å². The van der Waals surface area contributed by atoms with Crippen LogP contribution in [0.25, 0.3) is 10.8 Å². The lowest BCUT2D eigenvalue weighted by Crippen LogP contribution is -2.03. The summed E-state index contributed by atoms with van der Waals surface area (Å²) in [7, 11) is 0. The summed E-state index contributed by atoms with van der Waals surface area (Å²) >= 11 is 1.90. The highest BCUT2D eigenvalue weighted by molar-refractivity contribution is 7.99. The zero-order chi connectivity index (χ0) is 12.6. The predicted octanol–water partition coefficient (Wildman–Crippen LogP) is 3.30. The van der Waals surface area contributed by atoms with Crippen molar-refractivity contribution in [1.29, 1.82) is 0 Å². The van der Waals surface area contributed by atoms with Crippen molar-refractivity contribution in [2.45, 2.75) is 6.42 Å². The Balaban J connectivity index is 1.81. The van der Waals surface area contributed by atoms with Gasteiger partial charge in [0.1, 0.15) is 5.75 Å². The molecule has 0 aliphatic heterocycles. The summed E-state index contributed by atoms with van der Waals surface area (Å²) in [4.78, 5) is 0. The van der Waals surface area contributed by atoms with Crippen LogP contribution in [-0.2, 0) is 0 Å². The molecule has 0 spiro atoms. The number of ether oxygens (including phenoxy) is 1. The minimum absolute atomic E-state index is 0.758. The molecule has 0 bridgehead atoms. The lowest BCUT2D eigenvalue weighted by atomic mass is 10.1. The molecule has 0 atom stereocenters. The minimum atomic E-state index is 0.758. The van der Waals surface area contributed by atoms with Gasteiger partial charge in [0, 0.05) is 5.75 Å². The van der Waals surface area contributed by atoms with E-state index in [1.165, 1.54) is 10.8 Å². The molecule has 2 aromatic rings. The molecule has 0 aliphatic rings. The Morgan fingerprint density at radius 3 is 2.67 bits per heavy atom. The topological polar surface area (TPSA) is 35.2 Å². The van der Waals surface area contributed by atoms with Crippen LogP contribution in [0.4, 0.5) is 0 Å². The number of thioether (sulfide) groups is 1. The van der Waals surface area contributed by atoms with Gasteiger partial charge in [0.15, 0.2) is 0 Å². The molecule has 0 fully saturated rings. The fraction of sp³-hybridized carbons (Fsp3) is 0.333. The van der Waals surface area contributed by atoms with Gasteiger partial charge < -0.3 is 10.5 Å². The molecular formula is C15H19NOS. The summed E-state index contributed by atoms with van der Waals surface area (Å²) in [6.45, 7) is 1.53. The first-order valence-corrected chi connectivity index (χ1v) is 7.45. The standard InChI is InChI=1S/C15H19NOS/c16-8-3-10-18-11-9-17-15-7-6-13-4-1-2-5-14(13)12-15/h1-2,4-7,12H,3,8-11,16H2. The molecule has 3 heteroatoms. The van der Waals surface area contributed by atoms with Gasteiger partial charge in [-0.2, -0.15) is 11.8 Å². The summed E-state index contributed by atoms with van der Waals surface area (Å²) < 4.78 is 5.74. The van der Waals surface area contributed by atoms with Crippen molar-refractivity contribution < 1.29 is 4.74 Å². The Bertz CT molecular complexity index is 487. The third kappa shape index (κ3) is 3.93. The van der Waals surface area contributed by atoms with Gasteiger partial charge in [-0.25, -0.2) is 0 Å². The first-order chi connectivity index (χ1) is 8.90. The Morgan fingerprint density at radius 1 is 1.00 bits per heavy atom. The van der Waals surface area contributed by atoms with Gasteiger partial charge in [-0.15, -0.1) is 0 Å². The van der Waals surface area contributed by atoms with Gasteiger partial charge in [-0.05, 0) is 41.6 Å². The van der Waals surface area contributed by atoms with Crippen LogP contribution >= 0.6 is 11.8 Å². The highest BCUT2D eigenvalue weighted by Crippen LogP contribution is 2.20. The van der Waals surface area contributed by atoms with Crippen LogP contribution in [0.1, 0.15) is 6.42 Å². The summed E-state index contributed by atoms with van der Waals surface area (Å²) in [5.41, 5.74) is 5.44. The molecule has 0 aliphatic carbocycles. The molecule has 18 heavy (non-hydrogen) atoms. The van der Waals surface area contributed by atoms with Crippen LogP contribution in [0.3, 0.4) is 0 Å². The Kier molecular flexibility index (Phi) is 5.36. The molecule has 2 N–H and O–H groups in total. The minimum Gasteiger partial charge on any atom is -0.493 e. The van der Waals surface area contributed by atoms with Crippen molar-refractivity contribution in [3.63, 3.8) is 0 Å². The Hall–Kier alpha value is -1.19. The summed E-state index contributed by atoms with van der Waals surface area (Å²) in [6.07, 6.45) is 1.08. The molecule has 2 aromatic carbocycles. The van der Waals surface area contributed by atoms with E-state index in [0.717, 1.165) is 36.8 Å². The second-order valence-corrected chi connectivity index (χ2v) is 5.34. The van der Waals surface area contributed by atoms with Crippen molar-refractivity contribution in [2.75, 3.05) is 24.7 Å². The first kappa shape index (κ1) is 13.2. The van der Waals surface area contributed by atoms with Crippen LogP contribution in [-0.4, -0.2) is 24.7 Å². The van der Waals surface area contributed by atoms with Gasteiger partial charge >= 0.3 is 0 Å². The van der Waals surface area contributed by atoms with Crippen molar-refractivity contribution in [2.24, 2.45) is 5.73 Å². The van der Waals surface area contributed by atoms with Crippen molar-refractivity contribution in [1.82, 2.24) is 0 Å². The normalized spacial score (nSPS) is 10.7. The zero-order valence-electron chi connectivity index (χ0n) is 10.5. The molecule has 2 nitrogen and oxygen atoms in total. The first-order valence-electron chi connectivity index (χ1n) is 6.29. The third-order valence-electron chi connectivity index (χ3n) is 2.71. The summed E-state index contributed by atoms with van der Waals surface area (Å²) in [5.74, 6) is 3.10. The molecular weight excluding hydrogens is 242 g/mol. The van der Waals surface area contributed by atoms with Crippen LogP contribution in [0.15, 0.2) is 42.5 Å². The number of nitrogens with two attached hydrogens (primary N) is 1. The number of hydrogen-bond donors (Lipinski definition) is 1. The van der Waals surface area contributed by atoms with E-state index in [1.54, 1.807) is 0 Å². The van der Waals surface area contributed by atoms with Crippen LogP contribution in [0, 0.1) is 0 Å². The van der Waals surface area contributed by atoms with Crippen LogP contribution < -0.4 is 10.5 Å². The molecule has 0 radical (unpaired) electrons. The van der Waals surface area contributed by atoms with E-state index in [9.17, 15) is 0 Å². The van der Waals surface area contributed by atoms with E-state index in [4.69, 9.17) is 10.5 Å². The maximum atomic E-state index is 5.74. The molecule has 2 rings (SSSR count).